The van der Waals surface area contributed by atoms with Crippen molar-refractivity contribution in [2.24, 2.45) is 0 Å². The van der Waals surface area contributed by atoms with Crippen LogP contribution in [0.2, 0.25) is 0 Å². The highest BCUT2D eigenvalue weighted by atomic mass is 79.9. The topological polar surface area (TPSA) is 23.8 Å². The number of nitriles is 1. The molecule has 2 rings (SSSR count). The lowest BCUT2D eigenvalue weighted by Gasteiger charge is -1.96. The molecule has 0 amide bonds. The Morgan fingerprint density at radius 3 is 2.92 bits per heavy atom. The average molecular weight is 252 g/mol. The number of nitrogens with zero attached hydrogens (tertiary/aromatic N) is 1. The van der Waals surface area contributed by atoms with Crippen molar-refractivity contribution in [1.82, 2.24) is 0 Å². The summed E-state index contributed by atoms with van der Waals surface area (Å²) in [4.78, 5) is 0. The molecule has 0 bridgehead atoms. The number of fused-ring (bicyclic) bond motifs is 1. The van der Waals surface area contributed by atoms with Crippen molar-refractivity contribution in [3.63, 3.8) is 0 Å². The van der Waals surface area contributed by atoms with E-state index in [1.807, 2.05) is 12.1 Å². The van der Waals surface area contributed by atoms with E-state index in [2.05, 4.69) is 34.3 Å². The minimum absolute atomic E-state index is 0.709. The van der Waals surface area contributed by atoms with Gasteiger partial charge in [-0.15, -0.1) is 11.3 Å². The first-order chi connectivity index (χ1) is 6.22. The van der Waals surface area contributed by atoms with Gasteiger partial charge in [0, 0.05) is 14.6 Å². The van der Waals surface area contributed by atoms with E-state index in [0.29, 0.717) is 5.56 Å². The molecule has 0 aliphatic carbocycles. The summed E-state index contributed by atoms with van der Waals surface area (Å²) in [5.41, 5.74) is 1.97. The predicted molar refractivity (Wildman–Crippen MR) is 59.0 cm³/mol. The zero-order valence-electron chi connectivity index (χ0n) is 6.97. The first-order valence-corrected chi connectivity index (χ1v) is 5.47. The molecule has 13 heavy (non-hydrogen) atoms. The van der Waals surface area contributed by atoms with Gasteiger partial charge >= 0.3 is 0 Å². The molecule has 0 saturated carbocycles. The number of thiophene rings is 1. The van der Waals surface area contributed by atoms with Crippen LogP contribution in [0.25, 0.3) is 10.1 Å². The van der Waals surface area contributed by atoms with Crippen molar-refractivity contribution >= 4 is 37.4 Å². The fourth-order valence-electron chi connectivity index (χ4n) is 1.33. The summed E-state index contributed by atoms with van der Waals surface area (Å²) in [5, 5.41) is 12.1. The SMILES string of the molecule is Cc1csc2cc(C#N)cc(Br)c12. The molecule has 2 aromatic rings. The van der Waals surface area contributed by atoms with Crippen LogP contribution >= 0.6 is 27.3 Å². The lowest BCUT2D eigenvalue weighted by atomic mass is 10.1. The van der Waals surface area contributed by atoms with E-state index in [1.165, 1.54) is 15.6 Å². The fourth-order valence-corrected chi connectivity index (χ4v) is 3.24. The monoisotopic (exact) mass is 251 g/mol. The van der Waals surface area contributed by atoms with E-state index in [0.717, 1.165) is 4.47 Å². The largest absolute Gasteiger partial charge is 0.192 e. The second-order valence-corrected chi connectivity index (χ2v) is 4.63. The Morgan fingerprint density at radius 2 is 2.23 bits per heavy atom. The molecule has 0 spiro atoms. The fraction of sp³-hybridized carbons (Fsp3) is 0.100. The molecule has 0 fully saturated rings. The molecule has 0 radical (unpaired) electrons. The number of rotatable bonds is 0. The van der Waals surface area contributed by atoms with Crippen LogP contribution in [0, 0.1) is 18.3 Å². The van der Waals surface area contributed by atoms with Gasteiger partial charge in [-0.05, 0) is 30.0 Å². The van der Waals surface area contributed by atoms with Crippen LogP contribution in [0.15, 0.2) is 22.0 Å². The maximum absolute atomic E-state index is 8.76. The zero-order valence-corrected chi connectivity index (χ0v) is 9.37. The molecule has 0 aliphatic heterocycles. The maximum atomic E-state index is 8.76. The summed E-state index contributed by atoms with van der Waals surface area (Å²) in [6, 6.07) is 5.94. The van der Waals surface area contributed by atoms with E-state index in [-0.39, 0.29) is 0 Å². The van der Waals surface area contributed by atoms with Gasteiger partial charge in [-0.1, -0.05) is 15.9 Å². The molecule has 0 saturated heterocycles. The van der Waals surface area contributed by atoms with Gasteiger partial charge in [0.25, 0.3) is 0 Å². The lowest BCUT2D eigenvalue weighted by Crippen LogP contribution is -1.76. The third-order valence-electron chi connectivity index (χ3n) is 1.94. The first-order valence-electron chi connectivity index (χ1n) is 3.80. The third kappa shape index (κ3) is 1.37. The number of halogens is 1. The molecule has 64 valence electrons. The number of hydrogen-bond donors (Lipinski definition) is 0. The molecule has 1 aromatic heterocycles. The highest BCUT2D eigenvalue weighted by Gasteiger charge is 2.05. The highest BCUT2D eigenvalue weighted by Crippen LogP contribution is 2.32. The molecule has 3 heteroatoms. The van der Waals surface area contributed by atoms with Gasteiger partial charge in [-0.3, -0.25) is 0 Å². The number of benzene rings is 1. The average Bonchev–Trinajstić information content (AvgIpc) is 2.48. The van der Waals surface area contributed by atoms with Gasteiger partial charge in [-0.25, -0.2) is 0 Å². The van der Waals surface area contributed by atoms with Crippen LogP contribution in [0.1, 0.15) is 11.1 Å². The lowest BCUT2D eigenvalue weighted by molar-refractivity contribution is 1.49. The summed E-state index contributed by atoms with van der Waals surface area (Å²) in [5.74, 6) is 0. The quantitative estimate of drug-likeness (QED) is 0.698. The molecule has 0 N–H and O–H groups in total. The summed E-state index contributed by atoms with van der Waals surface area (Å²) < 4.78 is 2.18. The van der Waals surface area contributed by atoms with Crippen molar-refractivity contribution in [1.29, 1.82) is 5.26 Å². The second-order valence-electron chi connectivity index (χ2n) is 2.86. The predicted octanol–water partition coefficient (Wildman–Crippen LogP) is 3.84. The van der Waals surface area contributed by atoms with Crippen LogP contribution in [-0.2, 0) is 0 Å². The van der Waals surface area contributed by atoms with Gasteiger partial charge in [0.15, 0.2) is 0 Å². The Kier molecular flexibility index (Phi) is 2.10. The molecule has 0 aliphatic rings. The molecule has 0 unspecified atom stereocenters. The van der Waals surface area contributed by atoms with E-state index in [4.69, 9.17) is 5.26 Å². The highest BCUT2D eigenvalue weighted by molar-refractivity contribution is 9.10. The van der Waals surface area contributed by atoms with Crippen LogP contribution in [0.5, 0.6) is 0 Å². The van der Waals surface area contributed by atoms with E-state index < -0.39 is 0 Å². The Hall–Kier alpha value is -0.850. The molecular weight excluding hydrogens is 246 g/mol. The van der Waals surface area contributed by atoms with Crippen molar-refractivity contribution < 1.29 is 0 Å². The van der Waals surface area contributed by atoms with E-state index >= 15 is 0 Å². The Bertz CT molecular complexity index is 507. The van der Waals surface area contributed by atoms with Crippen molar-refractivity contribution in [2.75, 3.05) is 0 Å². The van der Waals surface area contributed by atoms with E-state index in [1.54, 1.807) is 11.3 Å². The number of hydrogen-bond acceptors (Lipinski definition) is 2. The summed E-state index contributed by atoms with van der Waals surface area (Å²) in [7, 11) is 0. The van der Waals surface area contributed by atoms with Crippen LogP contribution < -0.4 is 0 Å². The van der Waals surface area contributed by atoms with Crippen LogP contribution in [-0.4, -0.2) is 0 Å². The van der Waals surface area contributed by atoms with Gasteiger partial charge < -0.3 is 0 Å². The Labute approximate surface area is 88.7 Å². The molecule has 1 aromatic carbocycles. The van der Waals surface area contributed by atoms with Gasteiger partial charge in [-0.2, -0.15) is 5.26 Å². The summed E-state index contributed by atoms with van der Waals surface area (Å²) in [6.45, 7) is 2.08. The minimum Gasteiger partial charge on any atom is -0.192 e. The third-order valence-corrected chi connectivity index (χ3v) is 3.61. The normalized spacial score (nSPS) is 10.2. The Balaban J connectivity index is 2.89. The molecule has 1 nitrogen and oxygen atoms in total. The zero-order chi connectivity index (χ0) is 9.42. The van der Waals surface area contributed by atoms with Crippen molar-refractivity contribution in [2.45, 2.75) is 6.92 Å². The molecular formula is C10H6BrNS. The van der Waals surface area contributed by atoms with Gasteiger partial charge in [0.2, 0.25) is 0 Å². The molecule has 0 atom stereocenters. The van der Waals surface area contributed by atoms with Crippen LogP contribution in [0.3, 0.4) is 0 Å². The molecule has 1 heterocycles. The van der Waals surface area contributed by atoms with Gasteiger partial charge in [0.1, 0.15) is 0 Å². The maximum Gasteiger partial charge on any atom is 0.0992 e. The van der Waals surface area contributed by atoms with Crippen molar-refractivity contribution in [3.05, 3.63) is 33.1 Å². The van der Waals surface area contributed by atoms with Crippen LogP contribution in [0.4, 0.5) is 0 Å². The Morgan fingerprint density at radius 1 is 1.46 bits per heavy atom. The second kappa shape index (κ2) is 3.13. The van der Waals surface area contributed by atoms with Crippen molar-refractivity contribution in [3.8, 4) is 6.07 Å². The first kappa shape index (κ1) is 8.74. The van der Waals surface area contributed by atoms with Gasteiger partial charge in [0.05, 0.1) is 11.6 Å². The standard InChI is InChI=1S/C10H6BrNS/c1-6-5-13-9-3-7(4-12)2-8(11)10(6)9/h2-3,5H,1H3. The number of aryl methyl sites for hydroxylation is 1. The smallest absolute Gasteiger partial charge is 0.0992 e. The summed E-state index contributed by atoms with van der Waals surface area (Å²) >= 11 is 5.15. The minimum atomic E-state index is 0.709. The van der Waals surface area contributed by atoms with E-state index in [9.17, 15) is 0 Å². The summed E-state index contributed by atoms with van der Waals surface area (Å²) in [6.07, 6.45) is 0.